The van der Waals surface area contributed by atoms with Crippen molar-refractivity contribution in [3.63, 3.8) is 0 Å². The molecule has 15 unspecified atom stereocenters. The Kier molecular flexibility index (Phi) is 53.6. The second-order valence-corrected chi connectivity index (χ2v) is 30.8. The zero-order valence-electron chi connectivity index (χ0n) is 70.1. The Morgan fingerprint density at radius 2 is 0.672 bits per heavy atom. The van der Waals surface area contributed by atoms with Crippen molar-refractivity contribution in [2.45, 2.75) is 311 Å². The van der Waals surface area contributed by atoms with Gasteiger partial charge in [-0.1, -0.05) is 45.4 Å². The number of aliphatic hydroxyl groups is 9. The van der Waals surface area contributed by atoms with Gasteiger partial charge in [-0.2, -0.15) is 0 Å². The predicted molar refractivity (Wildman–Crippen MR) is 426 cm³/mol. The van der Waals surface area contributed by atoms with Crippen LogP contribution in [0.2, 0.25) is 0 Å². The van der Waals surface area contributed by atoms with Crippen LogP contribution in [0.25, 0.3) is 0 Å². The summed E-state index contributed by atoms with van der Waals surface area (Å²) in [6, 6.07) is -2.95. The molecule has 0 spiro atoms. The van der Waals surface area contributed by atoms with Crippen molar-refractivity contribution in [3.8, 4) is 0 Å². The maximum absolute atomic E-state index is 14.1. The number of likely N-dealkylation sites (tertiary alicyclic amines) is 1. The van der Waals surface area contributed by atoms with Gasteiger partial charge in [-0.25, -0.2) is 0 Å². The first-order valence-corrected chi connectivity index (χ1v) is 42.6. The standard InChI is InChI=1S/C79H141N11O29/c1-5-6-23-55-24-19-39-90(55)66(104)29-12-10-8-7-9-11-28-65(103)89-79(49-111-43-30-62(100)83-36-20-33-80-59(97)25-13-16-40-114-76-67(86-52(2)94)73(108)70(105)56(46-91)117-76,50-112-44-31-63(101)84-37-21-34-81-60(98)26-14-17-41-115-77-68(87-53(3)95)74(109)71(106)57(47-92)118-77)51-113-45-32-64(102)85-38-22-35-82-61(99)27-15-18-42-116-78-69(88-54(4)96)75(110)72(107)58(48-93)119-78/h55-58,67-78,91-93,105-110H,5-51H2,1-4H3,(H,80,97)(H,81,98)(H,82,99)(H,83,100)(H,84,101)(H,85,102)(H,86,94)(H,87,95)(H,88,96)(H,89,103)/t55-,56?,57?,58?,67?,68?,69?,70?,71?,72?,73?,74?,75?,76?,77?,78?,79?/m1/s1. The zero-order chi connectivity index (χ0) is 87.3. The molecule has 4 fully saturated rings. The fourth-order valence-corrected chi connectivity index (χ4v) is 14.0. The smallest absolute Gasteiger partial charge is 0.222 e. The van der Waals surface area contributed by atoms with Gasteiger partial charge >= 0.3 is 0 Å². The van der Waals surface area contributed by atoms with Crippen LogP contribution >= 0.6 is 0 Å². The molecule has 11 amide bonds. The van der Waals surface area contributed by atoms with Crippen molar-refractivity contribution < 1.29 is 141 Å². The quantitative estimate of drug-likeness (QED) is 0.0264. The van der Waals surface area contributed by atoms with Gasteiger partial charge in [0.05, 0.1) is 59.5 Å². The van der Waals surface area contributed by atoms with Crippen molar-refractivity contribution in [2.24, 2.45) is 0 Å². The average molecular weight is 1710 g/mol. The summed E-state index contributed by atoms with van der Waals surface area (Å²) in [6.45, 7) is 5.41. The number of rotatable bonds is 64. The molecule has 119 heavy (non-hydrogen) atoms. The molecule has 16 atom stereocenters. The summed E-state index contributed by atoms with van der Waals surface area (Å²) in [4.78, 5) is 142. The Morgan fingerprint density at radius 3 is 0.992 bits per heavy atom. The molecule has 0 radical (unpaired) electrons. The first-order valence-electron chi connectivity index (χ1n) is 42.6. The van der Waals surface area contributed by atoms with Gasteiger partial charge in [0.15, 0.2) is 18.9 Å². The summed E-state index contributed by atoms with van der Waals surface area (Å²) in [5.41, 5.74) is -1.42. The van der Waals surface area contributed by atoms with Crippen molar-refractivity contribution in [1.82, 2.24) is 58.1 Å². The van der Waals surface area contributed by atoms with E-state index in [2.05, 4.69) is 65.0 Å². The van der Waals surface area contributed by atoms with Crippen LogP contribution in [-0.4, -0.2) is 344 Å². The molecular formula is C79H141N11O29. The molecule has 0 aromatic carbocycles. The molecule has 686 valence electrons. The number of aliphatic hydroxyl groups excluding tert-OH is 9. The zero-order valence-corrected chi connectivity index (χ0v) is 70.1. The minimum Gasteiger partial charge on any atom is -0.394 e. The van der Waals surface area contributed by atoms with Crippen LogP contribution in [0, 0.1) is 0 Å². The van der Waals surface area contributed by atoms with E-state index in [1.54, 1.807) is 0 Å². The van der Waals surface area contributed by atoms with E-state index >= 15 is 0 Å². The lowest BCUT2D eigenvalue weighted by Crippen LogP contribution is -2.64. The van der Waals surface area contributed by atoms with E-state index in [0.717, 1.165) is 70.8 Å². The van der Waals surface area contributed by atoms with E-state index in [1.165, 1.54) is 20.8 Å². The molecule has 0 saturated carbocycles. The largest absolute Gasteiger partial charge is 0.394 e. The van der Waals surface area contributed by atoms with Gasteiger partial charge in [0.1, 0.15) is 78.6 Å². The molecule has 4 aliphatic heterocycles. The summed E-state index contributed by atoms with van der Waals surface area (Å²) in [5, 5.41) is 119. The lowest BCUT2D eigenvalue weighted by molar-refractivity contribution is -0.270. The van der Waals surface area contributed by atoms with Crippen LogP contribution in [0.5, 0.6) is 0 Å². The maximum atomic E-state index is 14.1. The van der Waals surface area contributed by atoms with Gasteiger partial charge in [0, 0.05) is 144 Å². The number of nitrogens with zero attached hydrogens (tertiary/aromatic N) is 1. The van der Waals surface area contributed by atoms with Gasteiger partial charge in [0.25, 0.3) is 0 Å². The highest BCUT2D eigenvalue weighted by molar-refractivity contribution is 5.79. The lowest BCUT2D eigenvalue weighted by Gasteiger charge is -2.42. The van der Waals surface area contributed by atoms with E-state index in [9.17, 15) is 98.7 Å². The topological polar surface area (TPSA) is 576 Å². The van der Waals surface area contributed by atoms with E-state index in [-0.39, 0.29) is 191 Å². The van der Waals surface area contributed by atoms with Crippen LogP contribution in [0.1, 0.15) is 207 Å². The molecule has 0 aromatic rings. The summed E-state index contributed by atoms with van der Waals surface area (Å²) < 4.78 is 52.3. The van der Waals surface area contributed by atoms with Crippen LogP contribution in [-0.2, 0) is 95.4 Å². The van der Waals surface area contributed by atoms with Gasteiger partial charge in [-0.3, -0.25) is 52.7 Å². The number of amides is 11. The number of unbranched alkanes of at least 4 members (excludes halogenated alkanes) is 9. The molecule has 4 heterocycles. The summed E-state index contributed by atoms with van der Waals surface area (Å²) in [5.74, 6) is -3.47. The normalized spacial score (nSPS) is 24.7. The highest BCUT2D eigenvalue weighted by Crippen LogP contribution is 2.28. The van der Waals surface area contributed by atoms with Crippen LogP contribution < -0.4 is 53.2 Å². The monoisotopic (exact) mass is 1710 g/mol. The summed E-state index contributed by atoms with van der Waals surface area (Å²) in [7, 11) is 0. The van der Waals surface area contributed by atoms with E-state index < -0.39 is 135 Å². The molecule has 0 bridgehead atoms. The SMILES string of the molecule is CCCC[C@@H]1CCCN1C(=O)CCCCCCCCC(=O)NC(COCCC(=O)NCCCNC(=O)CCCCOC1OC(CO)C(O)C(O)C1NC(C)=O)(COCCC(=O)NCCCNC(=O)CCCCOC1OC(CO)C(O)C(O)C1NC(C)=O)COCCC(=O)NCCCNC(=O)CCCCOC1OC(CO)C(O)C(O)C1NC(C)=O. The van der Waals surface area contributed by atoms with E-state index in [0.29, 0.717) is 76.7 Å². The van der Waals surface area contributed by atoms with E-state index in [4.69, 9.17) is 42.6 Å². The molecule has 19 N–H and O–H groups in total. The number of carbonyl (C=O) groups is 11. The molecule has 40 nitrogen and oxygen atoms in total. The summed E-state index contributed by atoms with van der Waals surface area (Å²) >= 11 is 0. The molecule has 4 rings (SSSR count). The highest BCUT2D eigenvalue weighted by Gasteiger charge is 2.48. The Bertz CT molecular complexity index is 2710. The molecule has 4 saturated heterocycles. The third kappa shape index (κ3) is 42.4. The third-order valence-electron chi connectivity index (χ3n) is 20.6. The Labute approximate surface area is 697 Å². The van der Waals surface area contributed by atoms with Gasteiger partial charge < -0.3 is 147 Å². The van der Waals surface area contributed by atoms with Crippen molar-refractivity contribution in [2.75, 3.05) is 125 Å². The molecule has 4 aliphatic rings. The molecule has 0 aliphatic carbocycles. The molecule has 0 aromatic heterocycles. The Hall–Kier alpha value is -6.55. The number of hydrogen-bond acceptors (Lipinski definition) is 29. The second kappa shape index (κ2) is 60.9. The van der Waals surface area contributed by atoms with Crippen LogP contribution in [0.4, 0.5) is 0 Å². The van der Waals surface area contributed by atoms with Crippen molar-refractivity contribution in [3.05, 3.63) is 0 Å². The second-order valence-electron chi connectivity index (χ2n) is 30.8. The minimum atomic E-state index is -1.46. The van der Waals surface area contributed by atoms with Crippen LogP contribution in [0.3, 0.4) is 0 Å². The third-order valence-corrected chi connectivity index (χ3v) is 20.6. The molecule has 40 heteroatoms. The summed E-state index contributed by atoms with van der Waals surface area (Å²) in [6.07, 6.45) is -1.35. The predicted octanol–water partition coefficient (Wildman–Crippen LogP) is -3.38. The first-order chi connectivity index (χ1) is 57.2. The van der Waals surface area contributed by atoms with Gasteiger partial charge in [-0.15, -0.1) is 0 Å². The molecular weight excluding hydrogens is 1570 g/mol. The lowest BCUT2D eigenvalue weighted by atomic mass is 9.97. The minimum absolute atomic E-state index is 0.0786. The van der Waals surface area contributed by atoms with Gasteiger partial charge in [-0.05, 0) is 89.9 Å². The van der Waals surface area contributed by atoms with Crippen LogP contribution in [0.15, 0.2) is 0 Å². The first kappa shape index (κ1) is 105. The fourth-order valence-electron chi connectivity index (χ4n) is 14.0. The fraction of sp³-hybridized carbons (Fsp3) is 0.861. The number of hydrogen-bond donors (Lipinski definition) is 19. The average Bonchev–Trinajstić information content (AvgIpc) is 0.990. The Morgan fingerprint density at radius 1 is 0.370 bits per heavy atom. The van der Waals surface area contributed by atoms with Gasteiger partial charge in [0.2, 0.25) is 65.0 Å². The van der Waals surface area contributed by atoms with E-state index in [1.807, 2.05) is 0 Å². The number of ether oxygens (including phenoxy) is 9. The van der Waals surface area contributed by atoms with Crippen molar-refractivity contribution >= 4 is 65.0 Å². The number of nitrogens with one attached hydrogen (secondary N) is 10. The Balaban J connectivity index is 1.30. The highest BCUT2D eigenvalue weighted by atomic mass is 16.7. The number of carbonyl (C=O) groups excluding carboxylic acids is 11. The van der Waals surface area contributed by atoms with Crippen molar-refractivity contribution in [1.29, 1.82) is 0 Å². The maximum Gasteiger partial charge on any atom is 0.222 e.